The monoisotopic (exact) mass is 315 g/mol. The van der Waals surface area contributed by atoms with Gasteiger partial charge in [-0.3, -0.25) is 4.79 Å². The quantitative estimate of drug-likeness (QED) is 0.686. The number of anilines is 1. The standard InChI is InChI=1S/C14H22ClN3OS/c1-16-13-12(15)9-11(10-18-13)14(19)17-7-5-3-4-6-8-20-2/h9-10H,3-8H2,1-2H3,(H,16,18)(H,17,19). The second-order valence-electron chi connectivity index (χ2n) is 4.47. The minimum atomic E-state index is -0.119. The summed E-state index contributed by atoms with van der Waals surface area (Å²) in [4.78, 5) is 16.0. The van der Waals surface area contributed by atoms with Crippen LogP contribution in [0.2, 0.25) is 5.02 Å². The van der Waals surface area contributed by atoms with Crippen molar-refractivity contribution in [2.75, 3.05) is 30.9 Å². The van der Waals surface area contributed by atoms with Crippen LogP contribution < -0.4 is 10.6 Å². The zero-order chi connectivity index (χ0) is 14.8. The van der Waals surface area contributed by atoms with E-state index >= 15 is 0 Å². The van der Waals surface area contributed by atoms with Crippen LogP contribution in [0.1, 0.15) is 36.0 Å². The van der Waals surface area contributed by atoms with E-state index in [1.807, 2.05) is 11.8 Å². The molecule has 1 aromatic heterocycles. The summed E-state index contributed by atoms with van der Waals surface area (Å²) in [7, 11) is 1.74. The molecule has 1 rings (SSSR count). The van der Waals surface area contributed by atoms with Crippen molar-refractivity contribution in [3.63, 3.8) is 0 Å². The topological polar surface area (TPSA) is 54.0 Å². The van der Waals surface area contributed by atoms with Crippen LogP contribution in [0.25, 0.3) is 0 Å². The second-order valence-corrected chi connectivity index (χ2v) is 5.86. The fraction of sp³-hybridized carbons (Fsp3) is 0.571. The first-order valence-electron chi connectivity index (χ1n) is 6.79. The Morgan fingerprint density at radius 1 is 1.35 bits per heavy atom. The van der Waals surface area contributed by atoms with Crippen LogP contribution in [0.15, 0.2) is 12.3 Å². The van der Waals surface area contributed by atoms with E-state index in [-0.39, 0.29) is 5.91 Å². The Morgan fingerprint density at radius 2 is 2.10 bits per heavy atom. The summed E-state index contributed by atoms with van der Waals surface area (Å²) in [6.07, 6.45) is 8.29. The Labute approximate surface area is 130 Å². The van der Waals surface area contributed by atoms with Gasteiger partial charge in [-0.05, 0) is 30.9 Å². The molecule has 0 atom stereocenters. The van der Waals surface area contributed by atoms with E-state index in [2.05, 4.69) is 21.9 Å². The van der Waals surface area contributed by atoms with Gasteiger partial charge in [0.25, 0.3) is 5.91 Å². The molecule has 1 heterocycles. The molecule has 0 fully saturated rings. The predicted octanol–water partition coefficient (Wildman–Crippen LogP) is 3.43. The van der Waals surface area contributed by atoms with Crippen LogP contribution in [0.3, 0.4) is 0 Å². The Hall–Kier alpha value is -0.940. The van der Waals surface area contributed by atoms with E-state index < -0.39 is 0 Å². The molecule has 4 nitrogen and oxygen atoms in total. The lowest BCUT2D eigenvalue weighted by Crippen LogP contribution is -2.24. The lowest BCUT2D eigenvalue weighted by atomic mass is 10.2. The van der Waals surface area contributed by atoms with Crippen molar-refractivity contribution in [1.29, 1.82) is 0 Å². The van der Waals surface area contributed by atoms with Gasteiger partial charge in [0, 0.05) is 19.8 Å². The van der Waals surface area contributed by atoms with Crippen LogP contribution in [-0.2, 0) is 0 Å². The number of unbranched alkanes of at least 4 members (excludes halogenated alkanes) is 3. The summed E-state index contributed by atoms with van der Waals surface area (Å²) >= 11 is 7.88. The molecule has 0 bridgehead atoms. The van der Waals surface area contributed by atoms with Crippen molar-refractivity contribution in [2.45, 2.75) is 25.7 Å². The average molecular weight is 316 g/mol. The molecule has 0 saturated heterocycles. The van der Waals surface area contributed by atoms with Gasteiger partial charge in [0.15, 0.2) is 0 Å². The summed E-state index contributed by atoms with van der Waals surface area (Å²) < 4.78 is 0. The molecule has 6 heteroatoms. The number of aromatic nitrogens is 1. The number of rotatable bonds is 9. The minimum absolute atomic E-state index is 0.119. The van der Waals surface area contributed by atoms with E-state index in [1.165, 1.54) is 24.8 Å². The fourth-order valence-corrected chi connectivity index (χ4v) is 2.53. The third-order valence-corrected chi connectivity index (χ3v) is 3.89. The molecular weight excluding hydrogens is 294 g/mol. The lowest BCUT2D eigenvalue weighted by Gasteiger charge is -2.07. The molecule has 0 unspecified atom stereocenters. The lowest BCUT2D eigenvalue weighted by molar-refractivity contribution is 0.0952. The third kappa shape index (κ3) is 6.01. The summed E-state index contributed by atoms with van der Waals surface area (Å²) in [5.74, 6) is 1.68. The summed E-state index contributed by atoms with van der Waals surface area (Å²) in [5.41, 5.74) is 0.497. The van der Waals surface area contributed by atoms with E-state index in [0.29, 0.717) is 22.9 Å². The molecule has 1 aromatic rings. The van der Waals surface area contributed by atoms with Gasteiger partial charge < -0.3 is 10.6 Å². The number of carbonyl (C=O) groups excluding carboxylic acids is 1. The molecule has 0 spiro atoms. The first kappa shape index (κ1) is 17.1. The normalized spacial score (nSPS) is 10.3. The zero-order valence-corrected chi connectivity index (χ0v) is 13.6. The maximum absolute atomic E-state index is 11.9. The zero-order valence-electron chi connectivity index (χ0n) is 12.0. The van der Waals surface area contributed by atoms with E-state index in [1.54, 1.807) is 13.1 Å². The molecule has 112 valence electrons. The largest absolute Gasteiger partial charge is 0.372 e. The Kier molecular flexibility index (Phi) is 8.46. The van der Waals surface area contributed by atoms with Crippen LogP contribution in [0.5, 0.6) is 0 Å². The second kappa shape index (κ2) is 9.88. The number of nitrogens with one attached hydrogen (secondary N) is 2. The highest BCUT2D eigenvalue weighted by Crippen LogP contribution is 2.19. The van der Waals surface area contributed by atoms with E-state index in [9.17, 15) is 4.79 Å². The van der Waals surface area contributed by atoms with Gasteiger partial charge >= 0.3 is 0 Å². The molecule has 1 amide bonds. The predicted molar refractivity (Wildman–Crippen MR) is 88.0 cm³/mol. The Morgan fingerprint density at radius 3 is 2.75 bits per heavy atom. The Bertz CT molecular complexity index is 429. The SMILES string of the molecule is CNc1ncc(C(=O)NCCCCCCSC)cc1Cl. The average Bonchev–Trinajstić information content (AvgIpc) is 2.46. The number of amides is 1. The van der Waals surface area contributed by atoms with Gasteiger partial charge in [-0.1, -0.05) is 24.4 Å². The van der Waals surface area contributed by atoms with Gasteiger partial charge in [-0.15, -0.1) is 0 Å². The number of carbonyl (C=O) groups is 1. The third-order valence-electron chi connectivity index (χ3n) is 2.90. The number of thioether (sulfide) groups is 1. The molecule has 0 aromatic carbocycles. The molecule has 0 aliphatic heterocycles. The summed E-state index contributed by atoms with van der Waals surface area (Å²) in [6, 6.07) is 1.63. The molecule has 0 saturated carbocycles. The van der Waals surface area contributed by atoms with Gasteiger partial charge in [-0.2, -0.15) is 11.8 Å². The molecule has 0 aliphatic carbocycles. The van der Waals surface area contributed by atoms with Crippen LogP contribution in [0, 0.1) is 0 Å². The number of pyridine rings is 1. The highest BCUT2D eigenvalue weighted by molar-refractivity contribution is 7.98. The first-order chi connectivity index (χ1) is 9.69. The smallest absolute Gasteiger partial charge is 0.252 e. The van der Waals surface area contributed by atoms with Gasteiger partial charge in [-0.25, -0.2) is 4.98 Å². The number of hydrogen-bond acceptors (Lipinski definition) is 4. The first-order valence-corrected chi connectivity index (χ1v) is 8.56. The Balaban J connectivity index is 2.27. The van der Waals surface area contributed by atoms with Crippen molar-refractivity contribution in [3.8, 4) is 0 Å². The van der Waals surface area contributed by atoms with Crippen molar-refractivity contribution < 1.29 is 4.79 Å². The van der Waals surface area contributed by atoms with Gasteiger partial charge in [0.2, 0.25) is 0 Å². The van der Waals surface area contributed by atoms with Crippen LogP contribution >= 0.6 is 23.4 Å². The number of halogens is 1. The van der Waals surface area contributed by atoms with E-state index in [4.69, 9.17) is 11.6 Å². The highest BCUT2D eigenvalue weighted by Gasteiger charge is 2.08. The fourth-order valence-electron chi connectivity index (χ4n) is 1.77. The maximum Gasteiger partial charge on any atom is 0.252 e. The molecule has 2 N–H and O–H groups in total. The van der Waals surface area contributed by atoms with Gasteiger partial charge in [0.05, 0.1) is 10.6 Å². The van der Waals surface area contributed by atoms with Crippen LogP contribution in [-0.4, -0.2) is 36.5 Å². The molecule has 20 heavy (non-hydrogen) atoms. The van der Waals surface area contributed by atoms with E-state index in [0.717, 1.165) is 12.8 Å². The molecular formula is C14H22ClN3OS. The van der Waals surface area contributed by atoms with Crippen LogP contribution in [0.4, 0.5) is 5.82 Å². The molecule has 0 aliphatic rings. The molecule has 0 radical (unpaired) electrons. The summed E-state index contributed by atoms with van der Waals surface area (Å²) in [6.45, 7) is 0.698. The van der Waals surface area contributed by atoms with Crippen molar-refractivity contribution >= 4 is 35.1 Å². The van der Waals surface area contributed by atoms with Gasteiger partial charge in [0.1, 0.15) is 5.82 Å². The maximum atomic E-state index is 11.9. The number of nitrogens with zero attached hydrogens (tertiary/aromatic N) is 1. The van der Waals surface area contributed by atoms with Crippen molar-refractivity contribution in [2.24, 2.45) is 0 Å². The number of hydrogen-bond donors (Lipinski definition) is 2. The highest BCUT2D eigenvalue weighted by atomic mass is 35.5. The van der Waals surface area contributed by atoms with Crippen molar-refractivity contribution in [1.82, 2.24) is 10.3 Å². The summed E-state index contributed by atoms with van der Waals surface area (Å²) in [5, 5.41) is 6.21. The van der Waals surface area contributed by atoms with Crippen molar-refractivity contribution in [3.05, 3.63) is 22.8 Å². The minimum Gasteiger partial charge on any atom is -0.372 e.